The van der Waals surface area contributed by atoms with Gasteiger partial charge >= 0.3 is 0 Å². The van der Waals surface area contributed by atoms with Gasteiger partial charge in [0.15, 0.2) is 0 Å². The van der Waals surface area contributed by atoms with Crippen LogP contribution in [-0.2, 0) is 14.4 Å². The standard InChI is InChI=1S/C19H15FN2O3/c1-10-7-11(2)9-14(8-10)22-18(23)15-16(21-25-17(15)19(22)24)12-3-5-13(20)6-4-12/h3-9,15,17H,1-2H3/t15-,17+/m1/s1. The molecule has 0 aliphatic carbocycles. The summed E-state index contributed by atoms with van der Waals surface area (Å²) in [4.78, 5) is 32.1. The zero-order chi connectivity index (χ0) is 17.7. The molecule has 2 amide bonds. The maximum atomic E-state index is 13.1. The first-order chi connectivity index (χ1) is 12.0. The molecule has 5 nitrogen and oxygen atoms in total. The van der Waals surface area contributed by atoms with Gasteiger partial charge in [0.2, 0.25) is 12.0 Å². The Hall–Kier alpha value is -3.02. The van der Waals surface area contributed by atoms with Crippen LogP contribution < -0.4 is 4.90 Å². The highest BCUT2D eigenvalue weighted by molar-refractivity contribution is 6.32. The van der Waals surface area contributed by atoms with Crippen molar-refractivity contribution in [3.8, 4) is 0 Å². The van der Waals surface area contributed by atoms with E-state index in [9.17, 15) is 14.0 Å². The summed E-state index contributed by atoms with van der Waals surface area (Å²) in [7, 11) is 0. The van der Waals surface area contributed by atoms with E-state index < -0.39 is 17.9 Å². The molecule has 1 fully saturated rings. The van der Waals surface area contributed by atoms with Crippen LogP contribution in [0.4, 0.5) is 10.1 Å². The summed E-state index contributed by atoms with van der Waals surface area (Å²) in [5.41, 5.74) is 3.37. The van der Waals surface area contributed by atoms with Crippen molar-refractivity contribution >= 4 is 23.2 Å². The van der Waals surface area contributed by atoms with Crippen LogP contribution in [0.2, 0.25) is 0 Å². The highest BCUT2D eigenvalue weighted by atomic mass is 19.1. The summed E-state index contributed by atoms with van der Waals surface area (Å²) >= 11 is 0. The van der Waals surface area contributed by atoms with Crippen LogP contribution in [0.5, 0.6) is 0 Å². The highest BCUT2D eigenvalue weighted by Crippen LogP contribution is 2.35. The third kappa shape index (κ3) is 2.41. The third-order valence-electron chi connectivity index (χ3n) is 4.42. The number of hydrogen-bond donors (Lipinski definition) is 0. The Morgan fingerprint density at radius 1 is 1.00 bits per heavy atom. The second-order valence-electron chi connectivity index (χ2n) is 6.34. The van der Waals surface area contributed by atoms with Gasteiger partial charge in [0, 0.05) is 5.56 Å². The highest BCUT2D eigenvalue weighted by Gasteiger charge is 2.56. The summed E-state index contributed by atoms with van der Waals surface area (Å²) in [5, 5.41) is 3.91. The molecule has 1 saturated heterocycles. The number of carbonyl (C=O) groups is 2. The molecule has 126 valence electrons. The lowest BCUT2D eigenvalue weighted by molar-refractivity contribution is -0.126. The zero-order valence-corrected chi connectivity index (χ0v) is 13.7. The minimum atomic E-state index is -0.964. The van der Waals surface area contributed by atoms with Gasteiger partial charge in [-0.25, -0.2) is 9.29 Å². The number of hydrogen-bond acceptors (Lipinski definition) is 4. The molecule has 0 radical (unpaired) electrons. The number of oxime groups is 1. The number of halogens is 1. The minimum Gasteiger partial charge on any atom is -0.381 e. The van der Waals surface area contributed by atoms with Crippen molar-refractivity contribution in [2.45, 2.75) is 20.0 Å². The molecule has 2 aromatic carbocycles. The van der Waals surface area contributed by atoms with E-state index in [2.05, 4.69) is 5.16 Å². The van der Waals surface area contributed by atoms with Crippen molar-refractivity contribution in [3.63, 3.8) is 0 Å². The molecule has 25 heavy (non-hydrogen) atoms. The molecule has 2 heterocycles. The smallest absolute Gasteiger partial charge is 0.278 e. The largest absolute Gasteiger partial charge is 0.381 e. The van der Waals surface area contributed by atoms with Crippen molar-refractivity contribution < 1.29 is 18.8 Å². The van der Waals surface area contributed by atoms with Gasteiger partial charge in [-0.2, -0.15) is 0 Å². The molecule has 2 aromatic rings. The number of fused-ring (bicyclic) bond motifs is 1. The van der Waals surface area contributed by atoms with Gasteiger partial charge in [-0.05, 0) is 49.2 Å². The van der Waals surface area contributed by atoms with Crippen LogP contribution in [-0.4, -0.2) is 23.6 Å². The van der Waals surface area contributed by atoms with Crippen LogP contribution >= 0.6 is 0 Å². The van der Waals surface area contributed by atoms with Crippen LogP contribution in [0.15, 0.2) is 47.6 Å². The summed E-state index contributed by atoms with van der Waals surface area (Å²) in [6.07, 6.45) is -0.964. The number of imide groups is 1. The van der Waals surface area contributed by atoms with E-state index in [1.807, 2.05) is 19.9 Å². The topological polar surface area (TPSA) is 59.0 Å². The molecule has 6 heteroatoms. The van der Waals surface area contributed by atoms with Crippen molar-refractivity contribution in [1.29, 1.82) is 0 Å². The van der Waals surface area contributed by atoms with E-state index in [0.29, 0.717) is 17.0 Å². The molecule has 0 unspecified atom stereocenters. The van der Waals surface area contributed by atoms with E-state index in [4.69, 9.17) is 4.84 Å². The SMILES string of the molecule is Cc1cc(C)cc(N2C(=O)[C@@H]3C(c4ccc(F)cc4)=NO[C@@H]3C2=O)c1. The third-order valence-corrected chi connectivity index (χ3v) is 4.42. The van der Waals surface area contributed by atoms with Gasteiger partial charge in [0.05, 0.1) is 5.69 Å². The summed E-state index contributed by atoms with van der Waals surface area (Å²) < 4.78 is 13.1. The van der Waals surface area contributed by atoms with E-state index in [1.165, 1.54) is 24.3 Å². The molecule has 2 aliphatic heterocycles. The average molecular weight is 338 g/mol. The average Bonchev–Trinajstić information content (AvgIpc) is 3.08. The van der Waals surface area contributed by atoms with Gasteiger partial charge < -0.3 is 4.84 Å². The van der Waals surface area contributed by atoms with Crippen molar-refractivity contribution in [3.05, 3.63) is 65.0 Å². The first-order valence-corrected chi connectivity index (χ1v) is 7.91. The van der Waals surface area contributed by atoms with E-state index >= 15 is 0 Å². The van der Waals surface area contributed by atoms with Gasteiger partial charge in [-0.1, -0.05) is 23.4 Å². The molecule has 0 bridgehead atoms. The normalized spacial score (nSPS) is 22.0. The lowest BCUT2D eigenvalue weighted by Gasteiger charge is -2.16. The van der Waals surface area contributed by atoms with Gasteiger partial charge in [-0.15, -0.1) is 0 Å². The molecule has 0 aromatic heterocycles. The Balaban J connectivity index is 1.72. The first kappa shape index (κ1) is 15.5. The Labute approximate surface area is 143 Å². The number of aryl methyl sites for hydroxylation is 2. The number of rotatable bonds is 2. The number of benzene rings is 2. The Kier molecular flexibility index (Phi) is 3.42. The zero-order valence-electron chi connectivity index (χ0n) is 13.7. The molecule has 2 atom stereocenters. The molecule has 0 saturated carbocycles. The van der Waals surface area contributed by atoms with Crippen LogP contribution in [0.1, 0.15) is 16.7 Å². The Bertz CT molecular complexity index is 901. The van der Waals surface area contributed by atoms with Crippen molar-refractivity contribution in [1.82, 2.24) is 0 Å². The number of amides is 2. The number of nitrogens with zero attached hydrogens (tertiary/aromatic N) is 2. The lowest BCUT2D eigenvalue weighted by Crippen LogP contribution is -2.33. The number of anilines is 1. The summed E-state index contributed by atoms with van der Waals surface area (Å²) in [6.45, 7) is 3.81. The molecular formula is C19H15FN2O3. The quantitative estimate of drug-likeness (QED) is 0.791. The van der Waals surface area contributed by atoms with E-state index in [-0.39, 0.29) is 11.7 Å². The fraction of sp³-hybridized carbons (Fsp3) is 0.211. The maximum absolute atomic E-state index is 13.1. The van der Waals surface area contributed by atoms with Crippen LogP contribution in [0, 0.1) is 25.6 Å². The van der Waals surface area contributed by atoms with Crippen molar-refractivity contribution in [2.75, 3.05) is 4.90 Å². The maximum Gasteiger partial charge on any atom is 0.278 e. The second kappa shape index (κ2) is 5.51. The second-order valence-corrected chi connectivity index (χ2v) is 6.34. The monoisotopic (exact) mass is 338 g/mol. The summed E-state index contributed by atoms with van der Waals surface area (Å²) in [5.74, 6) is -1.99. The summed E-state index contributed by atoms with van der Waals surface area (Å²) in [6, 6.07) is 11.2. The fourth-order valence-electron chi connectivity index (χ4n) is 3.37. The Morgan fingerprint density at radius 2 is 1.64 bits per heavy atom. The van der Waals surface area contributed by atoms with Crippen LogP contribution in [0.25, 0.3) is 0 Å². The number of carbonyl (C=O) groups excluding carboxylic acids is 2. The molecule has 0 spiro atoms. The minimum absolute atomic E-state index is 0.357. The van der Waals surface area contributed by atoms with E-state index in [0.717, 1.165) is 16.0 Å². The van der Waals surface area contributed by atoms with Gasteiger partial charge in [-0.3, -0.25) is 9.59 Å². The molecule has 2 aliphatic rings. The Morgan fingerprint density at radius 3 is 2.28 bits per heavy atom. The van der Waals surface area contributed by atoms with E-state index in [1.54, 1.807) is 12.1 Å². The lowest BCUT2D eigenvalue weighted by atomic mass is 9.94. The fourth-order valence-corrected chi connectivity index (χ4v) is 3.37. The first-order valence-electron chi connectivity index (χ1n) is 7.91. The van der Waals surface area contributed by atoms with Crippen molar-refractivity contribution in [2.24, 2.45) is 11.1 Å². The molecule has 4 rings (SSSR count). The predicted octanol–water partition coefficient (Wildman–Crippen LogP) is 2.74. The van der Waals surface area contributed by atoms with Crippen LogP contribution in [0.3, 0.4) is 0 Å². The molecular weight excluding hydrogens is 323 g/mol. The molecule has 0 N–H and O–H groups in total. The van der Waals surface area contributed by atoms with Gasteiger partial charge in [0.25, 0.3) is 5.91 Å². The van der Waals surface area contributed by atoms with Gasteiger partial charge in [0.1, 0.15) is 17.4 Å². The predicted molar refractivity (Wildman–Crippen MR) is 89.7 cm³/mol.